The molecule has 1 heterocycles. The molecule has 0 aliphatic carbocycles. The van der Waals surface area contributed by atoms with Crippen molar-refractivity contribution >= 4 is 11.8 Å². The number of nitrogens with zero attached hydrogens (tertiary/aromatic N) is 1. The number of carbonyl (C=O) groups excluding carboxylic acids is 2. The number of amides is 2. The largest absolute Gasteiger partial charge is 0.405 e. The molecule has 0 spiro atoms. The average molecular weight is 307 g/mol. The van der Waals surface area contributed by atoms with Gasteiger partial charge < -0.3 is 20.3 Å². The van der Waals surface area contributed by atoms with Gasteiger partial charge in [-0.15, -0.1) is 0 Å². The van der Waals surface area contributed by atoms with E-state index in [0.717, 1.165) is 0 Å². The Morgan fingerprint density at radius 1 is 1.33 bits per heavy atom. The number of alkyl halides is 3. The predicted octanol–water partition coefficient (Wildman–Crippen LogP) is 0.243. The highest BCUT2D eigenvalue weighted by molar-refractivity contribution is 6.35. The number of nitrogens with one attached hydrogen (secondary N) is 2. The number of halogens is 3. The first kappa shape index (κ1) is 17.0. The van der Waals surface area contributed by atoms with Gasteiger partial charge in [0, 0.05) is 25.5 Å². The third kappa shape index (κ3) is 5.86. The molecule has 1 aromatic heterocycles. The number of rotatable bonds is 5. The van der Waals surface area contributed by atoms with Crippen LogP contribution in [-0.4, -0.2) is 40.8 Å². The highest BCUT2D eigenvalue weighted by atomic mass is 19.4. The summed E-state index contributed by atoms with van der Waals surface area (Å²) in [6.07, 6.45) is -3.54. The lowest BCUT2D eigenvalue weighted by atomic mass is 10.2. The van der Waals surface area contributed by atoms with Gasteiger partial charge in [0.05, 0.1) is 6.10 Å². The zero-order chi connectivity index (χ0) is 16.0. The van der Waals surface area contributed by atoms with E-state index in [1.165, 1.54) is 5.32 Å². The van der Waals surface area contributed by atoms with Gasteiger partial charge in [-0.05, 0) is 18.6 Å². The Morgan fingerprint density at radius 2 is 1.95 bits per heavy atom. The topological polar surface area (TPSA) is 83.4 Å². The van der Waals surface area contributed by atoms with Crippen LogP contribution in [0.15, 0.2) is 18.3 Å². The number of hydrogen-bond donors (Lipinski definition) is 3. The lowest BCUT2D eigenvalue weighted by Gasteiger charge is -2.12. The Bertz CT molecular complexity index is 499. The molecule has 3 N–H and O–H groups in total. The third-order valence-corrected chi connectivity index (χ3v) is 2.68. The highest BCUT2D eigenvalue weighted by Crippen LogP contribution is 2.15. The lowest BCUT2D eigenvalue weighted by molar-refractivity contribution is -0.146. The Hall–Kier alpha value is -2.03. The SMILES string of the molecule is Cn1cccc1C(O)CCNC(=O)C(=O)NCC(F)(F)F. The summed E-state index contributed by atoms with van der Waals surface area (Å²) in [7, 11) is 1.74. The van der Waals surface area contributed by atoms with E-state index in [-0.39, 0.29) is 13.0 Å². The summed E-state index contributed by atoms with van der Waals surface area (Å²) in [5, 5.41) is 13.4. The first-order valence-corrected chi connectivity index (χ1v) is 6.13. The Labute approximate surface area is 118 Å². The van der Waals surface area contributed by atoms with E-state index >= 15 is 0 Å². The van der Waals surface area contributed by atoms with Crippen LogP contribution in [0.25, 0.3) is 0 Å². The number of carbonyl (C=O) groups is 2. The van der Waals surface area contributed by atoms with Crippen molar-refractivity contribution in [1.82, 2.24) is 15.2 Å². The summed E-state index contributed by atoms with van der Waals surface area (Å²) in [6, 6.07) is 3.43. The summed E-state index contributed by atoms with van der Waals surface area (Å²) in [6.45, 7) is -1.60. The van der Waals surface area contributed by atoms with Crippen LogP contribution in [0.3, 0.4) is 0 Å². The van der Waals surface area contributed by atoms with Crippen molar-refractivity contribution in [3.63, 3.8) is 0 Å². The number of aryl methyl sites for hydroxylation is 1. The first-order valence-electron chi connectivity index (χ1n) is 6.13. The summed E-state index contributed by atoms with van der Waals surface area (Å²) in [5.41, 5.74) is 0.630. The number of aliphatic hydroxyl groups excluding tert-OH is 1. The average Bonchev–Trinajstić information content (AvgIpc) is 2.81. The molecule has 1 rings (SSSR count). The Morgan fingerprint density at radius 3 is 2.48 bits per heavy atom. The van der Waals surface area contributed by atoms with Crippen LogP contribution >= 0.6 is 0 Å². The third-order valence-electron chi connectivity index (χ3n) is 2.68. The lowest BCUT2D eigenvalue weighted by Crippen LogP contribution is -2.43. The van der Waals surface area contributed by atoms with Crippen LogP contribution in [0.4, 0.5) is 13.2 Å². The van der Waals surface area contributed by atoms with Crippen LogP contribution in [-0.2, 0) is 16.6 Å². The summed E-state index contributed by atoms with van der Waals surface area (Å²) in [5.74, 6) is -2.53. The minimum atomic E-state index is -4.57. The van der Waals surface area contributed by atoms with Gasteiger partial charge in [0.2, 0.25) is 0 Å². The van der Waals surface area contributed by atoms with E-state index in [0.29, 0.717) is 5.69 Å². The predicted molar refractivity (Wildman–Crippen MR) is 67.1 cm³/mol. The quantitative estimate of drug-likeness (QED) is 0.682. The molecule has 0 saturated carbocycles. The Balaban J connectivity index is 2.30. The fourth-order valence-electron chi connectivity index (χ4n) is 1.63. The van der Waals surface area contributed by atoms with Gasteiger partial charge in [-0.1, -0.05) is 0 Å². The minimum absolute atomic E-state index is 0.0371. The maximum absolute atomic E-state index is 11.9. The van der Waals surface area contributed by atoms with Gasteiger partial charge in [0.15, 0.2) is 0 Å². The first-order chi connectivity index (χ1) is 9.70. The van der Waals surface area contributed by atoms with E-state index in [4.69, 9.17) is 0 Å². The van der Waals surface area contributed by atoms with Crippen LogP contribution in [0, 0.1) is 0 Å². The monoisotopic (exact) mass is 307 g/mol. The van der Waals surface area contributed by atoms with E-state index < -0.39 is 30.6 Å². The van der Waals surface area contributed by atoms with Crippen molar-refractivity contribution in [3.05, 3.63) is 24.0 Å². The van der Waals surface area contributed by atoms with Crippen molar-refractivity contribution in [2.75, 3.05) is 13.1 Å². The number of hydrogen-bond acceptors (Lipinski definition) is 3. The molecule has 0 saturated heterocycles. The molecule has 0 fully saturated rings. The number of aromatic nitrogens is 1. The molecule has 6 nitrogen and oxygen atoms in total. The van der Waals surface area contributed by atoms with Crippen LogP contribution < -0.4 is 10.6 Å². The zero-order valence-corrected chi connectivity index (χ0v) is 11.3. The van der Waals surface area contributed by atoms with Crippen molar-refractivity contribution in [1.29, 1.82) is 0 Å². The van der Waals surface area contributed by atoms with Crippen molar-refractivity contribution < 1.29 is 27.9 Å². The minimum Gasteiger partial charge on any atom is -0.387 e. The molecular weight excluding hydrogens is 291 g/mol. The fraction of sp³-hybridized carbons (Fsp3) is 0.500. The fourth-order valence-corrected chi connectivity index (χ4v) is 1.63. The molecule has 1 unspecified atom stereocenters. The second kappa shape index (κ2) is 7.11. The molecule has 21 heavy (non-hydrogen) atoms. The summed E-state index contributed by atoms with van der Waals surface area (Å²) in [4.78, 5) is 22.3. The highest BCUT2D eigenvalue weighted by Gasteiger charge is 2.29. The summed E-state index contributed by atoms with van der Waals surface area (Å²) >= 11 is 0. The van der Waals surface area contributed by atoms with Crippen LogP contribution in [0.5, 0.6) is 0 Å². The second-order valence-electron chi connectivity index (χ2n) is 4.40. The summed E-state index contributed by atoms with van der Waals surface area (Å²) < 4.78 is 37.2. The standard InChI is InChI=1S/C12H16F3N3O3/c1-18-6-2-3-8(18)9(19)4-5-16-10(20)11(21)17-7-12(13,14)15/h2-3,6,9,19H,4-5,7H2,1H3,(H,16,20)(H,17,21). The molecule has 1 atom stereocenters. The van der Waals surface area contributed by atoms with Gasteiger partial charge in [-0.25, -0.2) is 0 Å². The Kier molecular flexibility index (Phi) is 5.77. The van der Waals surface area contributed by atoms with Crippen LogP contribution in [0.2, 0.25) is 0 Å². The molecule has 9 heteroatoms. The van der Waals surface area contributed by atoms with Crippen molar-refractivity contribution in [3.8, 4) is 0 Å². The molecular formula is C12H16F3N3O3. The van der Waals surface area contributed by atoms with Gasteiger partial charge >= 0.3 is 18.0 Å². The molecule has 0 aromatic carbocycles. The molecule has 118 valence electrons. The molecule has 0 bridgehead atoms. The van der Waals surface area contributed by atoms with Gasteiger partial charge in [-0.3, -0.25) is 9.59 Å². The van der Waals surface area contributed by atoms with Gasteiger partial charge in [-0.2, -0.15) is 13.2 Å². The second-order valence-corrected chi connectivity index (χ2v) is 4.40. The smallest absolute Gasteiger partial charge is 0.387 e. The molecule has 0 radical (unpaired) electrons. The van der Waals surface area contributed by atoms with Gasteiger partial charge in [0.25, 0.3) is 0 Å². The molecule has 0 aliphatic rings. The van der Waals surface area contributed by atoms with E-state index in [1.54, 1.807) is 29.9 Å². The maximum atomic E-state index is 11.9. The van der Waals surface area contributed by atoms with E-state index in [1.807, 2.05) is 0 Å². The zero-order valence-electron chi connectivity index (χ0n) is 11.3. The van der Waals surface area contributed by atoms with Crippen LogP contribution in [0.1, 0.15) is 18.2 Å². The molecule has 2 amide bonds. The van der Waals surface area contributed by atoms with E-state index in [9.17, 15) is 27.9 Å². The molecule has 0 aliphatic heterocycles. The van der Waals surface area contributed by atoms with Crippen molar-refractivity contribution in [2.45, 2.75) is 18.7 Å². The van der Waals surface area contributed by atoms with E-state index in [2.05, 4.69) is 5.32 Å². The van der Waals surface area contributed by atoms with Gasteiger partial charge in [0.1, 0.15) is 6.54 Å². The normalized spacial score (nSPS) is 12.8. The van der Waals surface area contributed by atoms with Crippen molar-refractivity contribution in [2.24, 2.45) is 7.05 Å². The molecule has 1 aromatic rings. The maximum Gasteiger partial charge on any atom is 0.405 e. The number of aliphatic hydroxyl groups is 1.